The molecule has 0 aliphatic heterocycles. The van der Waals surface area contributed by atoms with Crippen LogP contribution in [0.2, 0.25) is 0 Å². The van der Waals surface area contributed by atoms with Gasteiger partial charge in [0.25, 0.3) is 0 Å². The molecule has 0 aromatic heterocycles. The monoisotopic (exact) mass is 248 g/mol. The quantitative estimate of drug-likeness (QED) is 0.431. The molecule has 14 heavy (non-hydrogen) atoms. The summed E-state index contributed by atoms with van der Waals surface area (Å²) >= 11 is 9.03. The Hall–Kier alpha value is 0.130. The molecular weight excluding hydrogens is 237 g/mol. The second-order valence-corrected chi connectivity index (χ2v) is 3.78. The summed E-state index contributed by atoms with van der Waals surface area (Å²) in [6.45, 7) is 0.337. The molecule has 0 radical (unpaired) electrons. The van der Waals surface area contributed by atoms with Crippen LogP contribution in [-0.2, 0) is 4.74 Å². The fourth-order valence-electron chi connectivity index (χ4n) is 0.753. The zero-order chi connectivity index (χ0) is 11.1. The van der Waals surface area contributed by atoms with Gasteiger partial charge in [-0.05, 0) is 13.0 Å². The van der Waals surface area contributed by atoms with E-state index >= 15 is 0 Å². The van der Waals surface area contributed by atoms with E-state index in [9.17, 15) is 13.2 Å². The van der Waals surface area contributed by atoms with Crippen LogP contribution in [0, 0.1) is 0 Å². The van der Waals surface area contributed by atoms with E-state index in [0.29, 0.717) is 0 Å². The van der Waals surface area contributed by atoms with Crippen LogP contribution in [-0.4, -0.2) is 23.8 Å². The van der Waals surface area contributed by atoms with Crippen molar-refractivity contribution in [1.82, 2.24) is 0 Å². The topological polar surface area (TPSA) is 9.23 Å². The molecule has 0 aliphatic carbocycles. The number of thiol groups is 1. The van der Waals surface area contributed by atoms with Gasteiger partial charge in [0.15, 0.2) is 4.90 Å². The van der Waals surface area contributed by atoms with E-state index in [4.69, 9.17) is 16.3 Å². The van der Waals surface area contributed by atoms with Gasteiger partial charge in [-0.2, -0.15) is 0 Å². The van der Waals surface area contributed by atoms with Crippen LogP contribution in [0.1, 0.15) is 13.3 Å². The van der Waals surface area contributed by atoms with E-state index in [1.807, 2.05) is 0 Å². The lowest BCUT2D eigenvalue weighted by molar-refractivity contribution is 0.0918. The average molecular weight is 249 g/mol. The van der Waals surface area contributed by atoms with Crippen LogP contribution >= 0.6 is 24.2 Å². The molecule has 3 atom stereocenters. The summed E-state index contributed by atoms with van der Waals surface area (Å²) in [6, 6.07) is 0. The van der Waals surface area contributed by atoms with E-state index < -0.39 is 29.7 Å². The molecule has 0 N–H and O–H groups in total. The first-order valence-electron chi connectivity index (χ1n) is 4.02. The molecule has 0 fully saturated rings. The summed E-state index contributed by atoms with van der Waals surface area (Å²) in [4.78, 5) is -0.967. The van der Waals surface area contributed by atoms with Crippen molar-refractivity contribution in [3.63, 3.8) is 0 Å². The van der Waals surface area contributed by atoms with Crippen molar-refractivity contribution in [2.75, 3.05) is 6.67 Å². The molecule has 0 bridgehead atoms. The first-order chi connectivity index (χ1) is 6.47. The molecule has 6 heteroatoms. The van der Waals surface area contributed by atoms with Crippen molar-refractivity contribution >= 4 is 24.2 Å². The Morgan fingerprint density at radius 3 is 2.57 bits per heavy atom. The van der Waals surface area contributed by atoms with Gasteiger partial charge in [-0.25, -0.2) is 8.78 Å². The summed E-state index contributed by atoms with van der Waals surface area (Å²) in [5.74, 6) is -0.992. The molecule has 0 spiro atoms. The molecule has 0 aliphatic rings. The van der Waals surface area contributed by atoms with Crippen molar-refractivity contribution in [3.8, 4) is 0 Å². The lowest BCUT2D eigenvalue weighted by atomic mass is 10.2. The second-order valence-electron chi connectivity index (χ2n) is 2.61. The van der Waals surface area contributed by atoms with Gasteiger partial charge in [-0.15, -0.1) is 12.6 Å². The molecule has 84 valence electrons. The largest absolute Gasteiger partial charge is 0.346 e. The van der Waals surface area contributed by atoms with Crippen LogP contribution in [0.4, 0.5) is 13.2 Å². The van der Waals surface area contributed by atoms with Crippen LogP contribution in [0.3, 0.4) is 0 Å². The van der Waals surface area contributed by atoms with Crippen LogP contribution in [0.15, 0.2) is 11.9 Å². The summed E-state index contributed by atoms with van der Waals surface area (Å²) in [5.41, 5.74) is 0. The summed E-state index contributed by atoms with van der Waals surface area (Å²) in [6.07, 6.45) is -1.83. The van der Waals surface area contributed by atoms with Crippen molar-refractivity contribution < 1.29 is 17.9 Å². The molecule has 1 nitrogen and oxygen atoms in total. The molecule has 0 saturated heterocycles. The van der Waals surface area contributed by atoms with Gasteiger partial charge in [0.2, 0.25) is 0 Å². The Kier molecular flexibility index (Phi) is 7.49. The zero-order valence-corrected chi connectivity index (χ0v) is 9.24. The molecule has 0 rings (SSSR count). The Bertz CT molecular complexity index is 187. The number of allylic oxidation sites excluding steroid dienone is 1. The highest BCUT2D eigenvalue weighted by Crippen LogP contribution is 2.16. The first kappa shape index (κ1) is 14.1. The van der Waals surface area contributed by atoms with Gasteiger partial charge in [0.1, 0.15) is 12.0 Å². The molecule has 0 saturated carbocycles. The van der Waals surface area contributed by atoms with Crippen LogP contribution in [0.5, 0.6) is 0 Å². The van der Waals surface area contributed by atoms with E-state index in [-0.39, 0.29) is 6.42 Å². The summed E-state index contributed by atoms with van der Waals surface area (Å²) < 4.78 is 41.9. The number of ether oxygens (including phenoxy) is 1. The fourth-order valence-corrected chi connectivity index (χ4v) is 1.04. The van der Waals surface area contributed by atoms with Gasteiger partial charge in [-0.1, -0.05) is 11.6 Å². The van der Waals surface area contributed by atoms with Gasteiger partial charge in [0.05, 0.1) is 12.8 Å². The lowest BCUT2D eigenvalue weighted by Crippen LogP contribution is -2.15. The lowest BCUT2D eigenvalue weighted by Gasteiger charge is -2.14. The van der Waals surface area contributed by atoms with E-state index in [1.165, 1.54) is 0 Å². The number of hydrogen-bond acceptors (Lipinski definition) is 2. The number of alkyl halides is 3. The minimum Gasteiger partial charge on any atom is -0.346 e. The highest BCUT2D eigenvalue weighted by Gasteiger charge is 2.14. The SMILES string of the molecule is C[C@@H](F)/C(F)=C\C(CCF)O[C@@H](S)Cl. The standard InChI is InChI=1S/C8H12ClF3OS/c1-5(11)7(12)4-6(2-3-10)13-8(9)14/h4-6,8,14H,2-3H2,1H3/b7-4+/t5-,6?,8+/m1/s1. The third kappa shape index (κ3) is 6.56. The third-order valence-corrected chi connectivity index (χ3v) is 1.63. The van der Waals surface area contributed by atoms with Crippen molar-refractivity contribution in [2.45, 2.75) is 30.5 Å². The normalized spacial score (nSPS) is 19.1. The van der Waals surface area contributed by atoms with Crippen molar-refractivity contribution in [2.24, 2.45) is 0 Å². The second kappa shape index (κ2) is 7.43. The average Bonchev–Trinajstić information content (AvgIpc) is 2.02. The maximum atomic E-state index is 12.8. The van der Waals surface area contributed by atoms with Crippen molar-refractivity contribution in [1.29, 1.82) is 0 Å². The Labute approximate surface area is 91.7 Å². The highest BCUT2D eigenvalue weighted by molar-refractivity contribution is 7.82. The molecule has 1 unspecified atom stereocenters. The van der Waals surface area contributed by atoms with Crippen LogP contribution < -0.4 is 0 Å². The molecular formula is C8H12ClF3OS. The predicted octanol–water partition coefficient (Wildman–Crippen LogP) is 3.39. The maximum Gasteiger partial charge on any atom is 0.176 e. The fraction of sp³-hybridized carbons (Fsp3) is 0.750. The number of hydrogen-bond donors (Lipinski definition) is 1. The third-order valence-electron chi connectivity index (χ3n) is 1.41. The Balaban J connectivity index is 4.27. The maximum absolute atomic E-state index is 12.8. The van der Waals surface area contributed by atoms with Gasteiger partial charge >= 0.3 is 0 Å². The number of halogens is 4. The smallest absolute Gasteiger partial charge is 0.176 e. The highest BCUT2D eigenvalue weighted by atomic mass is 35.5. The molecule has 0 aromatic carbocycles. The van der Waals surface area contributed by atoms with Gasteiger partial charge in [-0.3, -0.25) is 4.39 Å². The molecule has 0 amide bonds. The van der Waals surface area contributed by atoms with E-state index in [0.717, 1.165) is 13.0 Å². The number of rotatable bonds is 6. The molecule has 0 aromatic rings. The first-order valence-corrected chi connectivity index (χ1v) is 4.97. The van der Waals surface area contributed by atoms with Gasteiger partial charge in [0, 0.05) is 6.42 Å². The Morgan fingerprint density at radius 2 is 2.21 bits per heavy atom. The van der Waals surface area contributed by atoms with E-state index in [1.54, 1.807) is 0 Å². The predicted molar refractivity (Wildman–Crippen MR) is 53.9 cm³/mol. The minimum absolute atomic E-state index is 0.0794. The zero-order valence-electron chi connectivity index (χ0n) is 7.59. The van der Waals surface area contributed by atoms with E-state index in [2.05, 4.69) is 12.6 Å². The van der Waals surface area contributed by atoms with Gasteiger partial charge < -0.3 is 4.74 Å². The van der Waals surface area contributed by atoms with Crippen LogP contribution in [0.25, 0.3) is 0 Å². The van der Waals surface area contributed by atoms with Crippen molar-refractivity contribution in [3.05, 3.63) is 11.9 Å². The summed E-state index contributed by atoms with van der Waals surface area (Å²) in [5, 5.41) is 0. The Morgan fingerprint density at radius 1 is 1.64 bits per heavy atom. The molecule has 0 heterocycles. The summed E-state index contributed by atoms with van der Waals surface area (Å²) in [7, 11) is 0. The minimum atomic E-state index is -1.73.